The van der Waals surface area contributed by atoms with Crippen molar-refractivity contribution in [3.8, 4) is 28.3 Å². The fraction of sp³-hybridized carbons (Fsp3) is 0.0909. The zero-order valence-corrected chi connectivity index (χ0v) is 18.5. The highest BCUT2D eigenvalue weighted by atomic mass is 32.2. The van der Waals surface area contributed by atoms with Gasteiger partial charge in [0.25, 0.3) is 10.0 Å². The number of hydrogen-bond donors (Lipinski definition) is 2. The molecule has 2 N–H and O–H groups in total. The summed E-state index contributed by atoms with van der Waals surface area (Å²) < 4.78 is 39.4. The molecule has 3 aromatic carbocycles. The van der Waals surface area contributed by atoms with Gasteiger partial charge in [-0.05, 0) is 35.0 Å². The van der Waals surface area contributed by atoms with Gasteiger partial charge in [0.15, 0.2) is 0 Å². The van der Waals surface area contributed by atoms with E-state index in [4.69, 9.17) is 9.47 Å². The molecule has 0 bridgehead atoms. The van der Waals surface area contributed by atoms with Crippen LogP contribution in [0.1, 0.15) is 10.4 Å². The highest BCUT2D eigenvalue weighted by molar-refractivity contribution is 7.92. The van der Waals surface area contributed by atoms with Crippen molar-refractivity contribution in [2.45, 2.75) is 4.90 Å². The second-order valence-corrected chi connectivity index (χ2v) is 8.48. The van der Waals surface area contributed by atoms with Gasteiger partial charge in [-0.3, -0.25) is 4.72 Å². The number of methoxy groups -OCH3 is 2. The van der Waals surface area contributed by atoms with Crippen molar-refractivity contribution in [3.05, 3.63) is 72.3 Å². The van der Waals surface area contributed by atoms with Crippen molar-refractivity contribution in [1.29, 1.82) is 0 Å². The predicted molar refractivity (Wildman–Crippen MR) is 120 cm³/mol. The molecular formula is C22H19N5O5S. The summed E-state index contributed by atoms with van der Waals surface area (Å²) in [5.41, 5.74) is 2.34. The average Bonchev–Trinajstić information content (AvgIpc) is 3.38. The van der Waals surface area contributed by atoms with Gasteiger partial charge in [0.2, 0.25) is 5.82 Å². The van der Waals surface area contributed by atoms with Crippen molar-refractivity contribution < 1.29 is 22.7 Å². The molecule has 0 fully saturated rings. The van der Waals surface area contributed by atoms with E-state index in [1.54, 1.807) is 18.2 Å². The number of anilines is 1. The Bertz CT molecular complexity index is 1390. The summed E-state index contributed by atoms with van der Waals surface area (Å²) in [5, 5.41) is 13.8. The first-order valence-corrected chi connectivity index (χ1v) is 11.1. The molecule has 0 aliphatic heterocycles. The van der Waals surface area contributed by atoms with Gasteiger partial charge >= 0.3 is 5.97 Å². The molecule has 1 heterocycles. The van der Waals surface area contributed by atoms with Crippen molar-refractivity contribution in [1.82, 2.24) is 20.6 Å². The lowest BCUT2D eigenvalue weighted by Gasteiger charge is -2.16. The molecule has 0 saturated heterocycles. The standard InChI is InChI=1S/C22H19N5O5S/c1-31-19-11-9-16(22(28)32-2)13-20(19)33(29,30)25-18-12-15(21-23-26-27-24-21)8-10-17(18)14-6-4-3-5-7-14/h3-13,25H,1-2H3,(H,23,24,26,27). The highest BCUT2D eigenvalue weighted by Crippen LogP contribution is 2.34. The van der Waals surface area contributed by atoms with Crippen molar-refractivity contribution in [2.75, 3.05) is 18.9 Å². The molecule has 0 unspecified atom stereocenters. The third kappa shape index (κ3) is 4.53. The minimum atomic E-state index is -4.18. The first kappa shape index (κ1) is 22.0. The summed E-state index contributed by atoms with van der Waals surface area (Å²) in [6.45, 7) is 0. The van der Waals surface area contributed by atoms with Crippen LogP contribution in [0, 0.1) is 0 Å². The molecule has 0 amide bonds. The number of carbonyl (C=O) groups is 1. The van der Waals surface area contributed by atoms with Gasteiger partial charge < -0.3 is 9.47 Å². The van der Waals surface area contributed by atoms with Gasteiger partial charge in [-0.15, -0.1) is 10.2 Å². The summed E-state index contributed by atoms with van der Waals surface area (Å²) in [6, 6.07) is 18.5. The van der Waals surface area contributed by atoms with E-state index in [0.717, 1.165) is 5.56 Å². The first-order chi connectivity index (χ1) is 15.9. The predicted octanol–water partition coefficient (Wildman–Crippen LogP) is 3.13. The number of nitrogens with one attached hydrogen (secondary N) is 2. The number of hydrogen-bond acceptors (Lipinski definition) is 8. The lowest BCUT2D eigenvalue weighted by molar-refractivity contribution is 0.0600. The molecule has 0 spiro atoms. The highest BCUT2D eigenvalue weighted by Gasteiger charge is 2.24. The average molecular weight is 465 g/mol. The second kappa shape index (κ2) is 9.09. The molecule has 0 radical (unpaired) electrons. The smallest absolute Gasteiger partial charge is 0.337 e. The molecule has 4 rings (SSSR count). The third-order valence-corrected chi connectivity index (χ3v) is 6.21. The quantitative estimate of drug-likeness (QED) is 0.397. The summed E-state index contributed by atoms with van der Waals surface area (Å²) >= 11 is 0. The Balaban J connectivity index is 1.83. The van der Waals surface area contributed by atoms with Crippen molar-refractivity contribution >= 4 is 21.7 Å². The normalized spacial score (nSPS) is 11.1. The van der Waals surface area contributed by atoms with Crippen LogP contribution in [0.25, 0.3) is 22.5 Å². The van der Waals surface area contributed by atoms with Crippen LogP contribution < -0.4 is 9.46 Å². The lowest BCUT2D eigenvalue weighted by atomic mass is 10.0. The molecular weight excluding hydrogens is 446 g/mol. The van der Waals surface area contributed by atoms with Gasteiger partial charge in [0, 0.05) is 11.1 Å². The minimum Gasteiger partial charge on any atom is -0.495 e. The van der Waals surface area contributed by atoms with Crippen molar-refractivity contribution in [3.63, 3.8) is 0 Å². The molecule has 4 aromatic rings. The van der Waals surface area contributed by atoms with Crippen LogP contribution in [0.3, 0.4) is 0 Å². The van der Waals surface area contributed by atoms with Crippen LogP contribution in [0.5, 0.6) is 5.75 Å². The third-order valence-electron chi connectivity index (χ3n) is 4.83. The van der Waals surface area contributed by atoms with E-state index < -0.39 is 16.0 Å². The van der Waals surface area contributed by atoms with E-state index in [1.807, 2.05) is 30.3 Å². The molecule has 1 aromatic heterocycles. The van der Waals surface area contributed by atoms with Gasteiger partial charge in [0.05, 0.1) is 25.5 Å². The molecule has 168 valence electrons. The zero-order chi connectivity index (χ0) is 23.4. The van der Waals surface area contributed by atoms with E-state index >= 15 is 0 Å². The van der Waals surface area contributed by atoms with Crippen molar-refractivity contribution in [2.24, 2.45) is 0 Å². The van der Waals surface area contributed by atoms with E-state index in [-0.39, 0.29) is 21.9 Å². The van der Waals surface area contributed by atoms with E-state index in [9.17, 15) is 13.2 Å². The fourth-order valence-corrected chi connectivity index (χ4v) is 4.52. The lowest BCUT2D eigenvalue weighted by Crippen LogP contribution is -2.16. The topological polar surface area (TPSA) is 136 Å². The van der Waals surface area contributed by atoms with Gasteiger partial charge in [-0.1, -0.05) is 42.5 Å². The molecule has 0 saturated carbocycles. The number of benzene rings is 3. The molecule has 0 aliphatic carbocycles. The SMILES string of the molecule is COC(=O)c1ccc(OC)c(S(=O)(=O)Nc2cc(-c3nn[nH]n3)ccc2-c2ccccc2)c1. The molecule has 0 aliphatic rings. The Morgan fingerprint density at radius 2 is 1.76 bits per heavy atom. The number of aromatic nitrogens is 4. The number of H-pyrrole nitrogens is 1. The number of aromatic amines is 1. The van der Waals surface area contributed by atoms with Crippen LogP contribution in [0.2, 0.25) is 0 Å². The number of sulfonamides is 1. The summed E-state index contributed by atoms with van der Waals surface area (Å²) in [7, 11) is -1.62. The van der Waals surface area contributed by atoms with Crippen LogP contribution in [0.15, 0.2) is 71.6 Å². The fourth-order valence-electron chi connectivity index (χ4n) is 3.25. The summed E-state index contributed by atoms with van der Waals surface area (Å²) in [6.07, 6.45) is 0. The number of nitrogens with zero attached hydrogens (tertiary/aromatic N) is 3. The molecule has 33 heavy (non-hydrogen) atoms. The Morgan fingerprint density at radius 1 is 0.970 bits per heavy atom. The van der Waals surface area contributed by atoms with Crippen LogP contribution in [-0.4, -0.2) is 49.2 Å². The molecule has 0 atom stereocenters. The van der Waals surface area contributed by atoms with E-state index in [0.29, 0.717) is 17.0 Å². The minimum absolute atomic E-state index is 0.0718. The van der Waals surface area contributed by atoms with Gasteiger partial charge in [0.1, 0.15) is 10.6 Å². The Hall–Kier alpha value is -4.25. The molecule has 10 nitrogen and oxygen atoms in total. The van der Waals surface area contributed by atoms with E-state index in [1.165, 1.54) is 32.4 Å². The maximum absolute atomic E-state index is 13.4. The maximum atomic E-state index is 13.4. The first-order valence-electron chi connectivity index (χ1n) is 9.65. The Morgan fingerprint density at radius 3 is 2.42 bits per heavy atom. The number of tetrazole rings is 1. The summed E-state index contributed by atoms with van der Waals surface area (Å²) in [4.78, 5) is 11.8. The summed E-state index contributed by atoms with van der Waals surface area (Å²) in [5.74, 6) is -0.288. The Labute approximate surface area is 189 Å². The maximum Gasteiger partial charge on any atom is 0.337 e. The van der Waals surface area contributed by atoms with Crippen LogP contribution in [-0.2, 0) is 14.8 Å². The number of rotatable bonds is 7. The number of esters is 1. The van der Waals surface area contributed by atoms with Gasteiger partial charge in [-0.25, -0.2) is 13.2 Å². The van der Waals surface area contributed by atoms with Crippen LogP contribution >= 0.6 is 0 Å². The number of ether oxygens (including phenoxy) is 2. The molecule has 11 heteroatoms. The monoisotopic (exact) mass is 465 g/mol. The second-order valence-electron chi connectivity index (χ2n) is 6.82. The van der Waals surface area contributed by atoms with E-state index in [2.05, 4.69) is 25.3 Å². The Kier molecular flexibility index (Phi) is 6.05. The van der Waals surface area contributed by atoms with Gasteiger partial charge in [-0.2, -0.15) is 5.21 Å². The zero-order valence-electron chi connectivity index (χ0n) is 17.6. The largest absolute Gasteiger partial charge is 0.495 e. The number of carbonyl (C=O) groups excluding carboxylic acids is 1. The van der Waals surface area contributed by atoms with Crippen LogP contribution in [0.4, 0.5) is 5.69 Å².